The fourth-order valence-corrected chi connectivity index (χ4v) is 1.47. The van der Waals surface area contributed by atoms with E-state index < -0.39 is 24.0 Å². The van der Waals surface area contributed by atoms with Gasteiger partial charge in [-0.3, -0.25) is 4.79 Å². The molecule has 0 bridgehead atoms. The predicted octanol–water partition coefficient (Wildman–Crippen LogP) is 1.02. The van der Waals surface area contributed by atoms with E-state index in [-0.39, 0.29) is 6.61 Å². The molecule has 1 rings (SSSR count). The van der Waals surface area contributed by atoms with Crippen molar-refractivity contribution in [2.45, 2.75) is 13.0 Å². The monoisotopic (exact) mass is 282 g/mol. The number of aliphatic hydroxyl groups is 1. The van der Waals surface area contributed by atoms with Gasteiger partial charge >= 0.3 is 11.9 Å². The highest BCUT2D eigenvalue weighted by Gasteiger charge is 2.23. The first-order valence-corrected chi connectivity index (χ1v) is 6.06. The van der Waals surface area contributed by atoms with Crippen LogP contribution in [-0.4, -0.2) is 44.0 Å². The molecule has 0 aliphatic heterocycles. The quantitative estimate of drug-likeness (QED) is 0.784. The molecule has 1 aromatic carbocycles. The van der Waals surface area contributed by atoms with Gasteiger partial charge in [0.05, 0.1) is 25.7 Å². The van der Waals surface area contributed by atoms with Crippen LogP contribution in [0.2, 0.25) is 0 Å². The zero-order valence-corrected chi connectivity index (χ0v) is 11.7. The van der Waals surface area contributed by atoms with Crippen LogP contribution in [0.1, 0.15) is 17.3 Å². The van der Waals surface area contributed by atoms with E-state index in [1.807, 2.05) is 0 Å². The maximum atomic E-state index is 11.2. The predicted molar refractivity (Wildman–Crippen MR) is 70.5 cm³/mol. The van der Waals surface area contributed by atoms with Crippen LogP contribution in [0.4, 0.5) is 0 Å². The maximum absolute atomic E-state index is 11.2. The smallest absolute Gasteiger partial charge is 0.337 e. The van der Waals surface area contributed by atoms with Gasteiger partial charge in [0.1, 0.15) is 18.5 Å². The normalized spacial score (nSPS) is 13.2. The minimum absolute atomic E-state index is 0.0478. The van der Waals surface area contributed by atoms with Gasteiger partial charge in [-0.2, -0.15) is 0 Å². The second-order valence-electron chi connectivity index (χ2n) is 4.21. The summed E-state index contributed by atoms with van der Waals surface area (Å²) in [6.07, 6.45) is -0.970. The van der Waals surface area contributed by atoms with Crippen molar-refractivity contribution in [1.82, 2.24) is 0 Å². The molecule has 2 unspecified atom stereocenters. The molecule has 20 heavy (non-hydrogen) atoms. The van der Waals surface area contributed by atoms with Crippen LogP contribution in [-0.2, 0) is 14.3 Å². The average molecular weight is 282 g/mol. The number of carbonyl (C=O) groups is 2. The van der Waals surface area contributed by atoms with Gasteiger partial charge in [-0.25, -0.2) is 4.79 Å². The Hall–Kier alpha value is -2.08. The van der Waals surface area contributed by atoms with Crippen LogP contribution < -0.4 is 4.74 Å². The molecular formula is C14H18O6. The summed E-state index contributed by atoms with van der Waals surface area (Å²) in [6.45, 7) is 1.51. The molecule has 6 nitrogen and oxygen atoms in total. The second kappa shape index (κ2) is 7.49. The summed E-state index contributed by atoms with van der Waals surface area (Å²) in [6, 6.07) is 6.28. The van der Waals surface area contributed by atoms with Crippen molar-refractivity contribution in [3.8, 4) is 5.75 Å². The average Bonchev–Trinajstić information content (AvgIpc) is 2.50. The molecule has 0 aromatic heterocycles. The van der Waals surface area contributed by atoms with Gasteiger partial charge in [0, 0.05) is 0 Å². The molecule has 0 amide bonds. The van der Waals surface area contributed by atoms with Gasteiger partial charge in [0.2, 0.25) is 0 Å². The molecule has 0 fully saturated rings. The van der Waals surface area contributed by atoms with Gasteiger partial charge in [-0.05, 0) is 31.2 Å². The number of methoxy groups -OCH3 is 2. The first-order chi connectivity index (χ1) is 9.49. The molecular weight excluding hydrogens is 264 g/mol. The van der Waals surface area contributed by atoms with Crippen molar-refractivity contribution in [3.05, 3.63) is 29.8 Å². The Morgan fingerprint density at radius 1 is 1.15 bits per heavy atom. The third kappa shape index (κ3) is 4.24. The van der Waals surface area contributed by atoms with Crippen LogP contribution in [0, 0.1) is 5.92 Å². The summed E-state index contributed by atoms with van der Waals surface area (Å²) >= 11 is 0. The maximum Gasteiger partial charge on any atom is 0.337 e. The Labute approximate surface area is 117 Å². The van der Waals surface area contributed by atoms with E-state index in [2.05, 4.69) is 9.47 Å². The highest BCUT2D eigenvalue weighted by atomic mass is 16.5. The van der Waals surface area contributed by atoms with E-state index in [1.165, 1.54) is 14.2 Å². The molecule has 0 saturated carbocycles. The van der Waals surface area contributed by atoms with Crippen LogP contribution in [0.5, 0.6) is 5.75 Å². The zero-order chi connectivity index (χ0) is 15.1. The minimum atomic E-state index is -0.970. The standard InChI is InChI=1S/C14H18O6/c1-9(13(16)18-2)12(15)8-20-11-6-4-10(5-7-11)14(17)19-3/h4-7,9,12,15H,8H2,1-3H3. The van der Waals surface area contributed by atoms with Gasteiger partial charge < -0.3 is 19.3 Å². The van der Waals surface area contributed by atoms with Gasteiger partial charge in [0.15, 0.2) is 0 Å². The lowest BCUT2D eigenvalue weighted by Crippen LogP contribution is -2.31. The third-order valence-electron chi connectivity index (χ3n) is 2.85. The lowest BCUT2D eigenvalue weighted by molar-refractivity contribution is -0.149. The molecule has 1 aromatic rings. The van der Waals surface area contributed by atoms with Crippen LogP contribution in [0.3, 0.4) is 0 Å². The highest BCUT2D eigenvalue weighted by molar-refractivity contribution is 5.89. The lowest BCUT2D eigenvalue weighted by Gasteiger charge is -2.17. The number of benzene rings is 1. The Morgan fingerprint density at radius 2 is 1.75 bits per heavy atom. The number of esters is 2. The summed E-state index contributed by atoms with van der Waals surface area (Å²) < 4.78 is 14.4. The number of carbonyl (C=O) groups excluding carboxylic acids is 2. The van der Waals surface area contributed by atoms with E-state index in [0.29, 0.717) is 11.3 Å². The van der Waals surface area contributed by atoms with Crippen molar-refractivity contribution >= 4 is 11.9 Å². The number of hydrogen-bond acceptors (Lipinski definition) is 6. The van der Waals surface area contributed by atoms with Gasteiger partial charge in [-0.15, -0.1) is 0 Å². The Kier molecular flexibility index (Phi) is 5.99. The highest BCUT2D eigenvalue weighted by Crippen LogP contribution is 2.14. The second-order valence-corrected chi connectivity index (χ2v) is 4.21. The first kappa shape index (κ1) is 16.0. The van der Waals surface area contributed by atoms with Crippen molar-refractivity contribution in [2.75, 3.05) is 20.8 Å². The summed E-state index contributed by atoms with van der Waals surface area (Å²) in [4.78, 5) is 22.5. The summed E-state index contributed by atoms with van der Waals surface area (Å²) in [5.41, 5.74) is 0.406. The molecule has 2 atom stereocenters. The van der Waals surface area contributed by atoms with E-state index >= 15 is 0 Å². The fraction of sp³-hybridized carbons (Fsp3) is 0.429. The molecule has 0 radical (unpaired) electrons. The van der Waals surface area contributed by atoms with Crippen molar-refractivity contribution in [1.29, 1.82) is 0 Å². The van der Waals surface area contributed by atoms with Crippen LogP contribution in [0.25, 0.3) is 0 Å². The van der Waals surface area contributed by atoms with E-state index in [9.17, 15) is 14.7 Å². The lowest BCUT2D eigenvalue weighted by atomic mass is 10.1. The molecule has 110 valence electrons. The summed E-state index contributed by atoms with van der Waals surface area (Å²) in [5.74, 6) is -1.12. The molecule has 1 N–H and O–H groups in total. The van der Waals surface area contributed by atoms with Crippen LogP contribution in [0.15, 0.2) is 24.3 Å². The van der Waals surface area contributed by atoms with E-state index in [0.717, 1.165) is 0 Å². The first-order valence-electron chi connectivity index (χ1n) is 6.06. The minimum Gasteiger partial charge on any atom is -0.491 e. The molecule has 0 aliphatic carbocycles. The Balaban J connectivity index is 2.53. The molecule has 0 heterocycles. The van der Waals surface area contributed by atoms with Gasteiger partial charge in [0.25, 0.3) is 0 Å². The van der Waals surface area contributed by atoms with E-state index in [4.69, 9.17) is 4.74 Å². The van der Waals surface area contributed by atoms with Crippen molar-refractivity contribution < 1.29 is 28.9 Å². The summed E-state index contributed by atoms with van der Waals surface area (Å²) in [7, 11) is 2.56. The van der Waals surface area contributed by atoms with E-state index in [1.54, 1.807) is 31.2 Å². The third-order valence-corrected chi connectivity index (χ3v) is 2.85. The zero-order valence-electron chi connectivity index (χ0n) is 11.7. The number of rotatable bonds is 6. The Morgan fingerprint density at radius 3 is 2.25 bits per heavy atom. The van der Waals surface area contributed by atoms with Crippen molar-refractivity contribution in [3.63, 3.8) is 0 Å². The molecule has 0 spiro atoms. The molecule has 6 heteroatoms. The molecule has 0 saturated heterocycles. The molecule has 0 aliphatic rings. The number of ether oxygens (including phenoxy) is 3. The van der Waals surface area contributed by atoms with Crippen LogP contribution >= 0.6 is 0 Å². The Bertz CT molecular complexity index is 453. The largest absolute Gasteiger partial charge is 0.491 e. The fourth-order valence-electron chi connectivity index (χ4n) is 1.47. The SMILES string of the molecule is COC(=O)c1ccc(OCC(O)C(C)C(=O)OC)cc1. The summed E-state index contributed by atoms with van der Waals surface area (Å²) in [5, 5.41) is 9.76. The topological polar surface area (TPSA) is 82.1 Å². The number of aliphatic hydroxyl groups excluding tert-OH is 1. The number of hydrogen-bond donors (Lipinski definition) is 1. The van der Waals surface area contributed by atoms with Gasteiger partial charge in [-0.1, -0.05) is 0 Å². The van der Waals surface area contributed by atoms with Crippen molar-refractivity contribution in [2.24, 2.45) is 5.92 Å².